The van der Waals surface area contributed by atoms with Crippen LogP contribution >= 0.6 is 0 Å². The van der Waals surface area contributed by atoms with Crippen molar-refractivity contribution in [3.05, 3.63) is 107 Å². The second-order valence-electron chi connectivity index (χ2n) is 9.05. The van der Waals surface area contributed by atoms with E-state index in [4.69, 9.17) is 24.9 Å². The van der Waals surface area contributed by atoms with Gasteiger partial charge in [0.1, 0.15) is 11.5 Å². The number of para-hydroxylation sites is 1. The van der Waals surface area contributed by atoms with Crippen LogP contribution in [0.4, 0.5) is 4.39 Å². The van der Waals surface area contributed by atoms with Gasteiger partial charge >= 0.3 is 0 Å². The van der Waals surface area contributed by atoms with Crippen LogP contribution < -0.4 is 15.2 Å². The van der Waals surface area contributed by atoms with Crippen molar-refractivity contribution in [2.45, 2.75) is 12.0 Å². The third kappa shape index (κ3) is 3.33. The molecular formula is C29H21FN4O3. The van der Waals surface area contributed by atoms with Crippen molar-refractivity contribution in [2.75, 3.05) is 13.2 Å². The number of pyridine rings is 2. The van der Waals surface area contributed by atoms with E-state index in [2.05, 4.69) is 16.0 Å². The maximum atomic E-state index is 14.7. The summed E-state index contributed by atoms with van der Waals surface area (Å²) in [7, 11) is 0. The number of aromatic nitrogens is 2. The van der Waals surface area contributed by atoms with Crippen molar-refractivity contribution in [1.29, 1.82) is 0 Å². The summed E-state index contributed by atoms with van der Waals surface area (Å²) in [6, 6.07) is 18.6. The zero-order valence-electron chi connectivity index (χ0n) is 19.6. The van der Waals surface area contributed by atoms with Crippen LogP contribution in [-0.4, -0.2) is 29.2 Å². The summed E-state index contributed by atoms with van der Waals surface area (Å²) < 4.78 is 32.6. The van der Waals surface area contributed by atoms with Crippen LogP contribution in [0.25, 0.3) is 16.7 Å². The number of rotatable bonds is 2. The predicted octanol–water partition coefficient (Wildman–Crippen LogP) is 5.19. The summed E-state index contributed by atoms with van der Waals surface area (Å²) in [5.74, 6) is 1.16. The lowest BCUT2D eigenvalue weighted by molar-refractivity contribution is 0.164. The van der Waals surface area contributed by atoms with Crippen LogP contribution in [-0.2, 0) is 10.3 Å². The Kier molecular flexibility index (Phi) is 4.84. The van der Waals surface area contributed by atoms with E-state index in [-0.39, 0.29) is 6.02 Å². The molecule has 0 amide bonds. The second-order valence-corrected chi connectivity index (χ2v) is 9.05. The highest BCUT2D eigenvalue weighted by atomic mass is 19.1. The number of ether oxygens (including phenoxy) is 3. The molecule has 8 heteroatoms. The lowest BCUT2D eigenvalue weighted by Gasteiger charge is -2.40. The predicted molar refractivity (Wildman–Crippen MR) is 136 cm³/mol. The molecule has 1 atom stereocenters. The largest absolute Gasteiger partial charge is 0.455 e. The molecule has 0 aliphatic carbocycles. The fourth-order valence-corrected chi connectivity index (χ4v) is 5.28. The number of fused-ring (bicyclic) bond motifs is 6. The SMILES string of the molecule is NC1=NC2(c3ccccc3O1)c1cc(-c3cccnc3F)ccc1Oc1cnc(C3=CCCOC3)cc12. The molecule has 1 spiro atoms. The molecule has 0 saturated heterocycles. The van der Waals surface area contributed by atoms with Gasteiger partial charge in [-0.05, 0) is 54.0 Å². The summed E-state index contributed by atoms with van der Waals surface area (Å²) in [6.07, 6.45) is 6.10. The summed E-state index contributed by atoms with van der Waals surface area (Å²) in [6.45, 7) is 1.17. The van der Waals surface area contributed by atoms with Gasteiger partial charge in [0.25, 0.3) is 6.02 Å². The summed E-state index contributed by atoms with van der Waals surface area (Å²) in [5, 5.41) is 0. The van der Waals surface area contributed by atoms with E-state index in [9.17, 15) is 4.39 Å². The first-order chi connectivity index (χ1) is 18.1. The Bertz CT molecular complexity index is 1630. The molecule has 0 bridgehead atoms. The average molecular weight is 493 g/mol. The average Bonchev–Trinajstić information content (AvgIpc) is 2.94. The van der Waals surface area contributed by atoms with Gasteiger partial charge in [0, 0.05) is 28.5 Å². The number of hydrogen-bond donors (Lipinski definition) is 1. The van der Waals surface area contributed by atoms with E-state index in [0.29, 0.717) is 47.2 Å². The van der Waals surface area contributed by atoms with Gasteiger partial charge in [0.2, 0.25) is 5.95 Å². The first-order valence-corrected chi connectivity index (χ1v) is 12.0. The van der Waals surface area contributed by atoms with Crippen molar-refractivity contribution >= 4 is 11.6 Å². The van der Waals surface area contributed by atoms with Gasteiger partial charge in [-0.1, -0.05) is 30.3 Å². The minimum Gasteiger partial charge on any atom is -0.455 e. The zero-order valence-corrected chi connectivity index (χ0v) is 19.6. The van der Waals surface area contributed by atoms with Crippen molar-refractivity contribution in [3.8, 4) is 28.4 Å². The van der Waals surface area contributed by atoms with Gasteiger partial charge in [-0.15, -0.1) is 0 Å². The number of amidine groups is 1. The number of nitrogens with zero attached hydrogens (tertiary/aromatic N) is 3. The molecule has 2 aromatic heterocycles. The topological polar surface area (TPSA) is 91.9 Å². The van der Waals surface area contributed by atoms with Crippen molar-refractivity contribution in [1.82, 2.24) is 9.97 Å². The minimum atomic E-state index is -1.11. The van der Waals surface area contributed by atoms with E-state index in [1.54, 1.807) is 18.3 Å². The quantitative estimate of drug-likeness (QED) is 0.387. The van der Waals surface area contributed by atoms with Gasteiger partial charge in [-0.25, -0.2) is 9.98 Å². The van der Waals surface area contributed by atoms with Gasteiger partial charge in [-0.2, -0.15) is 4.39 Å². The first-order valence-electron chi connectivity index (χ1n) is 12.0. The molecule has 2 aromatic carbocycles. The molecular weight excluding hydrogens is 471 g/mol. The lowest BCUT2D eigenvalue weighted by atomic mass is 9.74. The first kappa shape index (κ1) is 21.7. The number of hydrogen-bond acceptors (Lipinski definition) is 7. The van der Waals surface area contributed by atoms with Crippen LogP contribution in [0.2, 0.25) is 0 Å². The fraction of sp³-hybridized carbons (Fsp3) is 0.138. The Hall–Kier alpha value is -4.56. The number of nitrogens with two attached hydrogens (primary N) is 1. The van der Waals surface area contributed by atoms with Crippen LogP contribution in [0.3, 0.4) is 0 Å². The highest BCUT2D eigenvalue weighted by Gasteiger charge is 2.48. The van der Waals surface area contributed by atoms with Gasteiger partial charge in [-0.3, -0.25) is 4.98 Å². The van der Waals surface area contributed by atoms with E-state index in [0.717, 1.165) is 28.8 Å². The maximum absolute atomic E-state index is 14.7. The molecule has 0 saturated carbocycles. The van der Waals surface area contributed by atoms with Crippen molar-refractivity contribution in [2.24, 2.45) is 10.7 Å². The second kappa shape index (κ2) is 8.25. The third-order valence-electron chi connectivity index (χ3n) is 6.93. The molecule has 37 heavy (non-hydrogen) atoms. The van der Waals surface area contributed by atoms with Crippen LogP contribution in [0.1, 0.15) is 28.8 Å². The van der Waals surface area contributed by atoms with Crippen molar-refractivity contribution in [3.63, 3.8) is 0 Å². The Morgan fingerprint density at radius 1 is 0.865 bits per heavy atom. The van der Waals surface area contributed by atoms with E-state index in [1.807, 2.05) is 48.5 Å². The van der Waals surface area contributed by atoms with E-state index in [1.165, 1.54) is 6.20 Å². The number of aliphatic imine (C=N–C) groups is 1. The van der Waals surface area contributed by atoms with Gasteiger partial charge in [0.05, 0.1) is 25.1 Å². The Morgan fingerprint density at radius 3 is 2.59 bits per heavy atom. The summed E-state index contributed by atoms with van der Waals surface area (Å²) in [4.78, 5) is 13.4. The molecule has 5 heterocycles. The van der Waals surface area contributed by atoms with Crippen molar-refractivity contribution < 1.29 is 18.6 Å². The van der Waals surface area contributed by atoms with Crippen LogP contribution in [0, 0.1) is 5.95 Å². The summed E-state index contributed by atoms with van der Waals surface area (Å²) in [5.41, 5.74) is 10.3. The monoisotopic (exact) mass is 492 g/mol. The Balaban J connectivity index is 1.53. The highest BCUT2D eigenvalue weighted by Crippen LogP contribution is 2.56. The molecule has 7 rings (SSSR count). The molecule has 7 nitrogen and oxygen atoms in total. The fourth-order valence-electron chi connectivity index (χ4n) is 5.28. The molecule has 2 N–H and O–H groups in total. The van der Waals surface area contributed by atoms with Gasteiger partial charge in [0.15, 0.2) is 11.3 Å². The maximum Gasteiger partial charge on any atom is 0.289 e. The molecule has 182 valence electrons. The molecule has 1 unspecified atom stereocenters. The highest BCUT2D eigenvalue weighted by molar-refractivity contribution is 5.83. The van der Waals surface area contributed by atoms with E-state index < -0.39 is 11.5 Å². The molecule has 0 fully saturated rings. The minimum absolute atomic E-state index is 0.0223. The van der Waals surface area contributed by atoms with Gasteiger partial charge < -0.3 is 19.9 Å². The zero-order chi connectivity index (χ0) is 25.0. The third-order valence-corrected chi connectivity index (χ3v) is 6.93. The normalized spacial score (nSPS) is 19.5. The Labute approximate surface area is 212 Å². The number of benzene rings is 2. The van der Waals surface area contributed by atoms with Crippen LogP contribution in [0.15, 0.2) is 84.1 Å². The molecule has 4 aromatic rings. The molecule has 3 aliphatic rings. The van der Waals surface area contributed by atoms with E-state index >= 15 is 0 Å². The standard InChI is InChI=1S/C29H21FN4O3/c30-27-19(6-3-11-32-27)17-9-10-25-21(13-17)29(20-7-1-2-8-24(20)37-28(31)34-29)22-14-23(33-15-26(22)36-25)18-5-4-12-35-16-18/h1-3,5-11,13-15H,4,12,16H2,(H2,31,34). The lowest BCUT2D eigenvalue weighted by Crippen LogP contribution is -2.39. The number of halogens is 1. The molecule has 3 aliphatic heterocycles. The van der Waals surface area contributed by atoms with Crippen LogP contribution in [0.5, 0.6) is 17.2 Å². The Morgan fingerprint density at radius 2 is 1.73 bits per heavy atom. The summed E-state index contributed by atoms with van der Waals surface area (Å²) >= 11 is 0. The smallest absolute Gasteiger partial charge is 0.289 e. The molecule has 0 radical (unpaired) electrons.